The molecular weight excluding hydrogens is 340 g/mol. The second kappa shape index (κ2) is 6.23. The number of carbonyl (C=O) groups is 2. The summed E-state index contributed by atoms with van der Waals surface area (Å²) in [6.07, 6.45) is 2.82. The third kappa shape index (κ3) is 2.77. The Morgan fingerprint density at radius 3 is 2.59 bits per heavy atom. The highest BCUT2D eigenvalue weighted by Crippen LogP contribution is 2.46. The molecule has 1 fully saturated rings. The Kier molecular flexibility index (Phi) is 3.98. The molecule has 3 aromatic rings. The third-order valence-electron chi connectivity index (χ3n) is 5.51. The second-order valence-electron chi connectivity index (χ2n) is 7.24. The second-order valence-corrected chi connectivity index (χ2v) is 7.24. The van der Waals surface area contributed by atoms with Gasteiger partial charge in [-0.1, -0.05) is 36.4 Å². The molecule has 1 aliphatic carbocycles. The lowest BCUT2D eigenvalue weighted by molar-refractivity contribution is -0.135. The molecule has 6 nitrogen and oxygen atoms in total. The minimum absolute atomic E-state index is 0.266. The van der Waals surface area contributed by atoms with E-state index in [1.807, 2.05) is 42.8 Å². The molecule has 6 heteroatoms. The molecule has 0 saturated heterocycles. The fourth-order valence-electron chi connectivity index (χ4n) is 3.61. The van der Waals surface area contributed by atoms with Crippen molar-refractivity contribution in [1.82, 2.24) is 15.1 Å². The molecule has 2 aromatic carbocycles. The maximum Gasteiger partial charge on any atom is 0.236 e. The van der Waals surface area contributed by atoms with Crippen molar-refractivity contribution in [1.29, 1.82) is 0 Å². The number of aromatic nitrogens is 2. The Labute approximate surface area is 157 Å². The first-order chi connectivity index (χ1) is 12.9. The summed E-state index contributed by atoms with van der Waals surface area (Å²) in [7, 11) is 0. The molecule has 1 saturated carbocycles. The molecule has 2 amide bonds. The summed E-state index contributed by atoms with van der Waals surface area (Å²) in [6.45, 7) is 3.88. The summed E-state index contributed by atoms with van der Waals surface area (Å²) >= 11 is 0. The van der Waals surface area contributed by atoms with E-state index in [2.05, 4.69) is 28.6 Å². The molecule has 0 bridgehead atoms. The van der Waals surface area contributed by atoms with Crippen molar-refractivity contribution in [3.63, 3.8) is 0 Å². The molecule has 138 valence electrons. The van der Waals surface area contributed by atoms with E-state index in [9.17, 15) is 9.59 Å². The average Bonchev–Trinajstić information content (AvgIpc) is 3.39. The van der Waals surface area contributed by atoms with Crippen LogP contribution in [-0.4, -0.2) is 21.6 Å². The molecule has 1 aliphatic rings. The van der Waals surface area contributed by atoms with Crippen LogP contribution in [0.5, 0.6) is 0 Å². The number of amides is 2. The van der Waals surface area contributed by atoms with Crippen molar-refractivity contribution < 1.29 is 9.59 Å². The van der Waals surface area contributed by atoms with Crippen LogP contribution >= 0.6 is 0 Å². The van der Waals surface area contributed by atoms with Gasteiger partial charge in [0.25, 0.3) is 0 Å². The van der Waals surface area contributed by atoms with Crippen molar-refractivity contribution in [2.75, 3.05) is 0 Å². The van der Waals surface area contributed by atoms with Crippen molar-refractivity contribution in [2.24, 2.45) is 11.1 Å². The van der Waals surface area contributed by atoms with E-state index in [4.69, 9.17) is 5.73 Å². The first-order valence-corrected chi connectivity index (χ1v) is 9.07. The van der Waals surface area contributed by atoms with Crippen LogP contribution in [-0.2, 0) is 9.59 Å². The fourth-order valence-corrected chi connectivity index (χ4v) is 3.61. The van der Waals surface area contributed by atoms with Gasteiger partial charge in [-0.2, -0.15) is 5.10 Å². The predicted molar refractivity (Wildman–Crippen MR) is 103 cm³/mol. The van der Waals surface area contributed by atoms with Gasteiger partial charge in [-0.3, -0.25) is 9.59 Å². The Hall–Kier alpha value is -3.15. The number of rotatable bonds is 5. The quantitative estimate of drug-likeness (QED) is 0.684. The van der Waals surface area contributed by atoms with Crippen LogP contribution in [0.15, 0.2) is 48.7 Å². The van der Waals surface area contributed by atoms with E-state index in [0.717, 1.165) is 27.7 Å². The highest BCUT2D eigenvalue weighted by atomic mass is 16.2. The molecule has 0 unspecified atom stereocenters. The molecule has 3 N–H and O–H groups in total. The van der Waals surface area contributed by atoms with Crippen molar-refractivity contribution >= 4 is 22.6 Å². The molecule has 1 heterocycles. The smallest absolute Gasteiger partial charge is 0.236 e. The topological polar surface area (TPSA) is 90.0 Å². The molecule has 4 rings (SSSR count). The Morgan fingerprint density at radius 2 is 1.89 bits per heavy atom. The lowest BCUT2D eigenvalue weighted by Gasteiger charge is -2.18. The molecule has 0 spiro atoms. The maximum absolute atomic E-state index is 12.5. The molecule has 0 aliphatic heterocycles. The van der Waals surface area contributed by atoms with Crippen LogP contribution in [0.3, 0.4) is 0 Å². The summed E-state index contributed by atoms with van der Waals surface area (Å²) in [5, 5.41) is 9.74. The van der Waals surface area contributed by atoms with Gasteiger partial charge in [-0.05, 0) is 38.1 Å². The van der Waals surface area contributed by atoms with E-state index >= 15 is 0 Å². The first-order valence-electron chi connectivity index (χ1n) is 9.07. The number of nitrogens with one attached hydrogen (secondary N) is 1. The number of benzene rings is 2. The average molecular weight is 362 g/mol. The van der Waals surface area contributed by atoms with Crippen LogP contribution in [0.25, 0.3) is 16.5 Å². The van der Waals surface area contributed by atoms with Crippen molar-refractivity contribution in [2.45, 2.75) is 32.7 Å². The van der Waals surface area contributed by atoms with Gasteiger partial charge in [-0.25, -0.2) is 4.68 Å². The van der Waals surface area contributed by atoms with Crippen LogP contribution in [0.2, 0.25) is 0 Å². The molecule has 1 atom stereocenters. The van der Waals surface area contributed by atoms with Crippen molar-refractivity contribution in [3.8, 4) is 5.69 Å². The van der Waals surface area contributed by atoms with E-state index in [1.54, 1.807) is 6.20 Å². The lowest BCUT2D eigenvalue weighted by Crippen LogP contribution is -2.41. The van der Waals surface area contributed by atoms with E-state index < -0.39 is 11.3 Å². The van der Waals surface area contributed by atoms with Crippen LogP contribution < -0.4 is 11.1 Å². The summed E-state index contributed by atoms with van der Waals surface area (Å²) in [5.74, 6) is -0.838. The molecular formula is C21H22N4O2. The summed E-state index contributed by atoms with van der Waals surface area (Å²) < 4.78 is 1.89. The zero-order valence-electron chi connectivity index (χ0n) is 15.4. The Bertz CT molecular complexity index is 1040. The van der Waals surface area contributed by atoms with Gasteiger partial charge >= 0.3 is 0 Å². The Morgan fingerprint density at radius 1 is 1.19 bits per heavy atom. The van der Waals surface area contributed by atoms with Crippen LogP contribution in [0.4, 0.5) is 0 Å². The first kappa shape index (κ1) is 17.3. The standard InChI is InChI=1S/C21H22N4O2/c1-13(24-20(27)21(10-11-21)19(22)26)17-12-23-25(14(17)2)18-9-5-7-15-6-3-4-8-16(15)18/h3-9,12-13H,10-11H2,1-2H3,(H2,22,26)(H,24,27)/t13-/m0/s1. The lowest BCUT2D eigenvalue weighted by atomic mass is 10.0. The van der Waals surface area contributed by atoms with Gasteiger partial charge in [0.05, 0.1) is 17.9 Å². The number of primary amides is 1. The van der Waals surface area contributed by atoms with Gasteiger partial charge in [0.2, 0.25) is 11.8 Å². The fraction of sp³-hybridized carbons (Fsp3) is 0.286. The van der Waals surface area contributed by atoms with E-state index in [1.165, 1.54) is 0 Å². The van der Waals surface area contributed by atoms with E-state index in [-0.39, 0.29) is 11.9 Å². The van der Waals surface area contributed by atoms with Gasteiger partial charge in [-0.15, -0.1) is 0 Å². The molecule has 1 aromatic heterocycles. The number of hydrogen-bond donors (Lipinski definition) is 2. The normalized spacial score (nSPS) is 16.1. The summed E-state index contributed by atoms with van der Waals surface area (Å²) in [4.78, 5) is 24.0. The number of carbonyl (C=O) groups excluding carboxylic acids is 2. The van der Waals surface area contributed by atoms with Crippen LogP contribution in [0, 0.1) is 12.3 Å². The molecule has 0 radical (unpaired) electrons. The van der Waals surface area contributed by atoms with Gasteiger partial charge in [0.15, 0.2) is 0 Å². The summed E-state index contributed by atoms with van der Waals surface area (Å²) in [5.41, 5.74) is 7.23. The SMILES string of the molecule is Cc1c([C@H](C)NC(=O)C2(C(N)=O)CC2)cnn1-c1cccc2ccccc12. The number of fused-ring (bicyclic) bond motifs is 1. The monoisotopic (exact) mass is 362 g/mol. The minimum Gasteiger partial charge on any atom is -0.369 e. The molecule has 27 heavy (non-hydrogen) atoms. The number of nitrogens with two attached hydrogens (primary N) is 1. The largest absolute Gasteiger partial charge is 0.369 e. The highest BCUT2D eigenvalue weighted by molar-refractivity contribution is 6.07. The predicted octanol–water partition coefficient (Wildman–Crippen LogP) is 2.78. The highest BCUT2D eigenvalue weighted by Gasteiger charge is 2.55. The van der Waals surface area contributed by atoms with Gasteiger partial charge < -0.3 is 11.1 Å². The van der Waals surface area contributed by atoms with Crippen LogP contribution in [0.1, 0.15) is 37.1 Å². The maximum atomic E-state index is 12.5. The zero-order chi connectivity index (χ0) is 19.2. The minimum atomic E-state index is -1.02. The Balaban J connectivity index is 1.64. The van der Waals surface area contributed by atoms with Gasteiger partial charge in [0, 0.05) is 16.6 Å². The number of hydrogen-bond acceptors (Lipinski definition) is 3. The third-order valence-corrected chi connectivity index (χ3v) is 5.51. The summed E-state index contributed by atoms with van der Waals surface area (Å²) in [6, 6.07) is 14.0. The zero-order valence-corrected chi connectivity index (χ0v) is 15.4. The number of nitrogens with zero attached hydrogens (tertiary/aromatic N) is 2. The van der Waals surface area contributed by atoms with Gasteiger partial charge in [0.1, 0.15) is 5.41 Å². The van der Waals surface area contributed by atoms with E-state index in [0.29, 0.717) is 12.8 Å². The van der Waals surface area contributed by atoms with Crippen molar-refractivity contribution in [3.05, 3.63) is 59.9 Å².